The Labute approximate surface area is 193 Å². The lowest BCUT2D eigenvalue weighted by Crippen LogP contribution is -2.39. The summed E-state index contributed by atoms with van der Waals surface area (Å²) in [5.41, 5.74) is 4.47. The van der Waals surface area contributed by atoms with E-state index in [0.29, 0.717) is 30.0 Å². The number of anilines is 1. The second-order valence-corrected chi connectivity index (χ2v) is 8.40. The first-order valence-electron chi connectivity index (χ1n) is 11.0. The highest BCUT2D eigenvalue weighted by atomic mass is 19.1. The van der Waals surface area contributed by atoms with Gasteiger partial charge in [0.2, 0.25) is 5.91 Å². The zero-order valence-corrected chi connectivity index (χ0v) is 19.0. The van der Waals surface area contributed by atoms with Gasteiger partial charge in [0.1, 0.15) is 11.6 Å². The first kappa shape index (κ1) is 22.5. The summed E-state index contributed by atoms with van der Waals surface area (Å²) in [6.45, 7) is 5.75. The lowest BCUT2D eigenvalue weighted by atomic mass is 9.88. The Morgan fingerprint density at radius 1 is 1.09 bits per heavy atom. The summed E-state index contributed by atoms with van der Waals surface area (Å²) in [7, 11) is 0. The monoisotopic (exact) mass is 446 g/mol. The van der Waals surface area contributed by atoms with Crippen molar-refractivity contribution in [1.82, 2.24) is 4.90 Å². The Kier molecular flexibility index (Phi) is 6.45. The molecule has 0 saturated carbocycles. The van der Waals surface area contributed by atoms with Crippen LogP contribution in [0.3, 0.4) is 0 Å². The molecule has 3 aromatic carbocycles. The summed E-state index contributed by atoms with van der Waals surface area (Å²) in [5.74, 6) is -0.167. The van der Waals surface area contributed by atoms with Crippen molar-refractivity contribution in [2.45, 2.75) is 39.3 Å². The minimum Gasteiger partial charge on any atom is -0.481 e. The maximum Gasteiger partial charge on any atom is 0.265 e. The molecule has 170 valence electrons. The van der Waals surface area contributed by atoms with Gasteiger partial charge >= 0.3 is 0 Å². The van der Waals surface area contributed by atoms with Crippen molar-refractivity contribution in [2.24, 2.45) is 0 Å². The third-order valence-corrected chi connectivity index (χ3v) is 5.92. The molecular weight excluding hydrogens is 419 g/mol. The molecule has 2 amide bonds. The van der Waals surface area contributed by atoms with Crippen molar-refractivity contribution in [3.05, 3.63) is 94.8 Å². The Morgan fingerprint density at radius 2 is 1.85 bits per heavy atom. The summed E-state index contributed by atoms with van der Waals surface area (Å²) < 4.78 is 19.9. The van der Waals surface area contributed by atoms with E-state index in [9.17, 15) is 14.0 Å². The highest BCUT2D eigenvalue weighted by Gasteiger charge is 2.31. The number of nitrogens with one attached hydrogen (secondary N) is 1. The van der Waals surface area contributed by atoms with Gasteiger partial charge in [-0.3, -0.25) is 9.59 Å². The minimum atomic E-state index is -0.732. The van der Waals surface area contributed by atoms with Gasteiger partial charge in [-0.25, -0.2) is 4.39 Å². The van der Waals surface area contributed by atoms with E-state index in [4.69, 9.17) is 4.74 Å². The van der Waals surface area contributed by atoms with Crippen molar-refractivity contribution in [2.75, 3.05) is 11.9 Å². The first-order valence-corrected chi connectivity index (χ1v) is 11.0. The molecule has 0 saturated heterocycles. The number of ether oxygens (including phenoxy) is 1. The molecule has 0 bridgehead atoms. The fourth-order valence-corrected chi connectivity index (χ4v) is 4.18. The number of rotatable bonds is 5. The second-order valence-electron chi connectivity index (χ2n) is 8.40. The van der Waals surface area contributed by atoms with Crippen molar-refractivity contribution in [3.63, 3.8) is 0 Å². The highest BCUT2D eigenvalue weighted by molar-refractivity contribution is 5.94. The lowest BCUT2D eigenvalue weighted by molar-refractivity contribution is -0.130. The van der Waals surface area contributed by atoms with Crippen LogP contribution in [0, 0.1) is 12.7 Å². The number of fused-ring (bicyclic) bond motifs is 1. The molecule has 0 spiro atoms. The van der Waals surface area contributed by atoms with Gasteiger partial charge in [0.25, 0.3) is 5.91 Å². The molecule has 1 aliphatic heterocycles. The summed E-state index contributed by atoms with van der Waals surface area (Å²) in [5, 5.41) is 2.86. The molecule has 0 radical (unpaired) electrons. The van der Waals surface area contributed by atoms with Gasteiger partial charge in [0, 0.05) is 19.2 Å². The van der Waals surface area contributed by atoms with Crippen LogP contribution in [0.15, 0.2) is 66.7 Å². The van der Waals surface area contributed by atoms with Crippen LogP contribution in [-0.2, 0) is 16.0 Å². The number of hydrogen-bond donors (Lipinski definition) is 1. The van der Waals surface area contributed by atoms with E-state index >= 15 is 0 Å². The van der Waals surface area contributed by atoms with Gasteiger partial charge in [-0.2, -0.15) is 0 Å². The third kappa shape index (κ3) is 5.06. The maximum atomic E-state index is 14.0. The smallest absolute Gasteiger partial charge is 0.265 e. The molecular formula is C27H27FN2O3. The zero-order chi connectivity index (χ0) is 23.5. The van der Waals surface area contributed by atoms with Crippen LogP contribution < -0.4 is 10.1 Å². The van der Waals surface area contributed by atoms with Gasteiger partial charge in [0.05, 0.1) is 6.04 Å². The van der Waals surface area contributed by atoms with Crippen LogP contribution >= 0.6 is 0 Å². The predicted molar refractivity (Wildman–Crippen MR) is 126 cm³/mol. The van der Waals surface area contributed by atoms with E-state index in [1.165, 1.54) is 19.1 Å². The number of nitrogens with zero attached hydrogens (tertiary/aromatic N) is 1. The Bertz CT molecular complexity index is 1180. The normalized spacial score (nSPS) is 16.0. The molecule has 0 aliphatic carbocycles. The summed E-state index contributed by atoms with van der Waals surface area (Å²) in [6.07, 6.45) is -0.0331. The number of halogens is 1. The summed E-state index contributed by atoms with van der Waals surface area (Å²) >= 11 is 0. The molecule has 1 N–H and O–H groups in total. The van der Waals surface area contributed by atoms with E-state index in [2.05, 4.69) is 5.32 Å². The first-order chi connectivity index (χ1) is 15.8. The Balaban J connectivity index is 1.59. The van der Waals surface area contributed by atoms with Crippen LogP contribution in [0.1, 0.15) is 42.1 Å². The Morgan fingerprint density at radius 3 is 2.55 bits per heavy atom. The van der Waals surface area contributed by atoms with Crippen LogP contribution in [0.2, 0.25) is 0 Å². The van der Waals surface area contributed by atoms with E-state index in [0.717, 1.165) is 16.7 Å². The number of benzene rings is 3. The third-order valence-electron chi connectivity index (χ3n) is 5.92. The number of carbonyl (C=O) groups is 2. The zero-order valence-electron chi connectivity index (χ0n) is 19.0. The fraction of sp³-hybridized carbons (Fsp3) is 0.259. The van der Waals surface area contributed by atoms with E-state index in [1.54, 1.807) is 17.9 Å². The molecule has 5 nitrogen and oxygen atoms in total. The highest BCUT2D eigenvalue weighted by Crippen LogP contribution is 2.37. The summed E-state index contributed by atoms with van der Waals surface area (Å²) in [4.78, 5) is 26.7. The Hall–Kier alpha value is -3.67. The molecule has 4 rings (SSSR count). The molecule has 0 aromatic heterocycles. The molecule has 1 aliphatic rings. The van der Waals surface area contributed by atoms with Crippen molar-refractivity contribution < 1.29 is 18.7 Å². The topological polar surface area (TPSA) is 58.6 Å². The van der Waals surface area contributed by atoms with Crippen LogP contribution in [0.5, 0.6) is 5.75 Å². The molecule has 3 aromatic rings. The lowest BCUT2D eigenvalue weighted by Gasteiger charge is -2.37. The predicted octanol–water partition coefficient (Wildman–Crippen LogP) is 5.03. The minimum absolute atomic E-state index is 0.0768. The molecule has 6 heteroatoms. The van der Waals surface area contributed by atoms with Crippen LogP contribution in [-0.4, -0.2) is 29.4 Å². The SMILES string of the molecule is CC(=O)N1CCc2ccc(O[C@@H](C)C(=O)Nc3ccc(C)cc3)cc2[C@@H]1c1cccc(F)c1. The number of hydrogen-bond acceptors (Lipinski definition) is 3. The van der Waals surface area contributed by atoms with Gasteiger partial charge in [-0.05, 0) is 73.4 Å². The fourth-order valence-electron chi connectivity index (χ4n) is 4.18. The molecule has 33 heavy (non-hydrogen) atoms. The molecule has 0 unspecified atom stereocenters. The second kappa shape index (κ2) is 9.45. The average molecular weight is 447 g/mol. The quantitative estimate of drug-likeness (QED) is 0.598. The average Bonchev–Trinajstić information content (AvgIpc) is 2.79. The number of aryl methyl sites for hydroxylation is 1. The van der Waals surface area contributed by atoms with Crippen molar-refractivity contribution in [3.8, 4) is 5.75 Å². The maximum absolute atomic E-state index is 14.0. The van der Waals surface area contributed by atoms with Crippen molar-refractivity contribution in [1.29, 1.82) is 0 Å². The van der Waals surface area contributed by atoms with Crippen LogP contribution in [0.25, 0.3) is 0 Å². The van der Waals surface area contributed by atoms with E-state index in [1.807, 2.05) is 55.5 Å². The number of carbonyl (C=O) groups excluding carboxylic acids is 2. The van der Waals surface area contributed by atoms with Gasteiger partial charge in [-0.1, -0.05) is 35.9 Å². The largest absolute Gasteiger partial charge is 0.481 e. The van der Waals surface area contributed by atoms with Gasteiger partial charge < -0.3 is 15.0 Å². The summed E-state index contributed by atoms with van der Waals surface area (Å²) in [6, 6.07) is 19.1. The van der Waals surface area contributed by atoms with Gasteiger partial charge in [0.15, 0.2) is 6.10 Å². The molecule has 1 heterocycles. The molecule has 0 fully saturated rings. The van der Waals surface area contributed by atoms with Crippen molar-refractivity contribution >= 4 is 17.5 Å². The van der Waals surface area contributed by atoms with E-state index in [-0.39, 0.29) is 17.6 Å². The standard InChI is InChI=1S/C27H27FN2O3/c1-17-7-10-23(11-8-17)29-27(32)18(2)33-24-12-9-20-13-14-30(19(3)31)26(25(20)16-24)21-5-4-6-22(28)15-21/h4-12,15-16,18,26H,13-14H2,1-3H3,(H,29,32)/t18-,26-/m0/s1. The van der Waals surface area contributed by atoms with E-state index < -0.39 is 12.1 Å². The van der Waals surface area contributed by atoms with Gasteiger partial charge in [-0.15, -0.1) is 0 Å². The molecule has 2 atom stereocenters. The number of amides is 2. The van der Waals surface area contributed by atoms with Crippen LogP contribution in [0.4, 0.5) is 10.1 Å².